The molecule has 104 valence electrons. The number of nitrogens with zero attached hydrogens (tertiary/aromatic N) is 2. The first-order chi connectivity index (χ1) is 9.45. The van der Waals surface area contributed by atoms with Gasteiger partial charge in [-0.15, -0.1) is 0 Å². The third kappa shape index (κ3) is 2.00. The Hall–Kier alpha value is -0.880. The van der Waals surface area contributed by atoms with Crippen LogP contribution >= 0.6 is 46.6 Å². The number of carbonyl (C=O) groups excluding carboxylic acids is 1. The first-order valence-corrected chi connectivity index (χ1v) is 7.62. The van der Waals surface area contributed by atoms with Gasteiger partial charge in [-0.25, -0.2) is 4.79 Å². The molecule has 3 rings (SSSR count). The molecule has 0 unspecified atom stereocenters. The van der Waals surface area contributed by atoms with Gasteiger partial charge in [0, 0.05) is 11.8 Å². The predicted octanol–water partition coefficient (Wildman–Crippen LogP) is 3.81. The van der Waals surface area contributed by atoms with Gasteiger partial charge >= 0.3 is 6.03 Å². The van der Waals surface area contributed by atoms with Crippen LogP contribution in [-0.4, -0.2) is 19.9 Å². The minimum Gasteiger partial charge on any atom is -0.305 e. The number of hydrogen-bond donors (Lipinski definition) is 1. The van der Waals surface area contributed by atoms with Gasteiger partial charge in [0.05, 0.1) is 0 Å². The molecular weight excluding hydrogens is 341 g/mol. The van der Waals surface area contributed by atoms with Crippen LogP contribution in [0.5, 0.6) is 0 Å². The molecule has 0 saturated carbocycles. The SMILES string of the molecule is O=C1N=C2SC=CN2[C@@](c2ccccc2)(C(Cl)(Cl)Cl)N1. The lowest BCUT2D eigenvalue weighted by Crippen LogP contribution is -2.66. The minimum atomic E-state index is -1.79. The van der Waals surface area contributed by atoms with Crippen molar-refractivity contribution < 1.29 is 4.79 Å². The Kier molecular flexibility index (Phi) is 3.41. The summed E-state index contributed by atoms with van der Waals surface area (Å²) in [5.74, 6) is 0. The fraction of sp³-hybridized carbons (Fsp3) is 0.167. The van der Waals surface area contributed by atoms with Crippen molar-refractivity contribution in [2.75, 3.05) is 0 Å². The molecule has 0 bridgehead atoms. The Bertz CT molecular complexity index is 614. The molecule has 20 heavy (non-hydrogen) atoms. The van der Waals surface area contributed by atoms with E-state index in [1.54, 1.807) is 28.6 Å². The van der Waals surface area contributed by atoms with Gasteiger partial charge in [0.15, 0.2) is 10.8 Å². The first kappa shape index (κ1) is 14.1. The average Bonchev–Trinajstić information content (AvgIpc) is 2.85. The Labute approximate surface area is 134 Å². The number of fused-ring (bicyclic) bond motifs is 1. The van der Waals surface area contributed by atoms with E-state index in [1.165, 1.54) is 11.8 Å². The summed E-state index contributed by atoms with van der Waals surface area (Å²) in [6, 6.07) is 8.53. The molecule has 1 aromatic carbocycles. The number of amides is 2. The van der Waals surface area contributed by atoms with E-state index < -0.39 is 15.5 Å². The smallest absolute Gasteiger partial charge is 0.305 e. The van der Waals surface area contributed by atoms with E-state index in [1.807, 2.05) is 18.2 Å². The van der Waals surface area contributed by atoms with Crippen LogP contribution < -0.4 is 5.32 Å². The maximum atomic E-state index is 11.9. The lowest BCUT2D eigenvalue weighted by atomic mass is 9.98. The van der Waals surface area contributed by atoms with Gasteiger partial charge in [-0.3, -0.25) is 4.90 Å². The zero-order chi connectivity index (χ0) is 14.4. The molecule has 2 amide bonds. The fourth-order valence-corrected chi connectivity index (χ4v) is 3.69. The number of benzene rings is 1. The Morgan fingerprint density at radius 1 is 1.25 bits per heavy atom. The summed E-state index contributed by atoms with van der Waals surface area (Å²) in [4.78, 5) is 17.5. The first-order valence-electron chi connectivity index (χ1n) is 5.61. The maximum absolute atomic E-state index is 11.9. The lowest BCUT2D eigenvalue weighted by molar-refractivity contribution is 0.169. The molecular formula is C12H8Cl3N3OS. The van der Waals surface area contributed by atoms with Crippen molar-refractivity contribution in [2.45, 2.75) is 9.46 Å². The highest BCUT2D eigenvalue weighted by atomic mass is 35.6. The lowest BCUT2D eigenvalue weighted by Gasteiger charge is -2.48. The molecule has 0 aromatic heterocycles. The second-order valence-electron chi connectivity index (χ2n) is 4.17. The third-order valence-corrected chi connectivity index (χ3v) is 4.61. The molecule has 0 fully saturated rings. The summed E-state index contributed by atoms with van der Waals surface area (Å²) >= 11 is 19.9. The third-order valence-electron chi connectivity index (χ3n) is 3.04. The Morgan fingerprint density at radius 2 is 1.95 bits per heavy atom. The van der Waals surface area contributed by atoms with Gasteiger partial charge in [-0.1, -0.05) is 76.9 Å². The van der Waals surface area contributed by atoms with Gasteiger partial charge in [0.1, 0.15) is 0 Å². The molecule has 0 saturated heterocycles. The average molecular weight is 349 g/mol. The number of halogens is 3. The normalized spacial score (nSPS) is 25.2. The van der Waals surface area contributed by atoms with Crippen molar-refractivity contribution in [1.82, 2.24) is 10.2 Å². The van der Waals surface area contributed by atoms with Crippen molar-refractivity contribution in [3.63, 3.8) is 0 Å². The summed E-state index contributed by atoms with van der Waals surface area (Å²) in [6.45, 7) is 0. The highest BCUT2D eigenvalue weighted by Gasteiger charge is 2.58. The fourth-order valence-electron chi connectivity index (χ4n) is 2.20. The molecule has 2 aliphatic rings. The minimum absolute atomic E-state index is 0.476. The van der Waals surface area contributed by atoms with E-state index in [2.05, 4.69) is 10.3 Å². The van der Waals surface area contributed by atoms with E-state index >= 15 is 0 Å². The molecule has 1 aromatic rings. The van der Waals surface area contributed by atoms with Crippen LogP contribution in [0.4, 0.5) is 4.79 Å². The Balaban J connectivity index is 2.24. The highest BCUT2D eigenvalue weighted by Crippen LogP contribution is 2.50. The predicted molar refractivity (Wildman–Crippen MR) is 82.9 cm³/mol. The summed E-state index contributed by atoms with van der Waals surface area (Å²) in [7, 11) is 0. The number of alkyl halides is 3. The van der Waals surface area contributed by atoms with Gasteiger partial charge in [0.2, 0.25) is 3.79 Å². The Morgan fingerprint density at radius 3 is 2.60 bits per heavy atom. The largest absolute Gasteiger partial charge is 0.345 e. The molecule has 8 heteroatoms. The van der Waals surface area contributed by atoms with Crippen molar-refractivity contribution in [3.8, 4) is 0 Å². The number of urea groups is 1. The number of amidine groups is 1. The van der Waals surface area contributed by atoms with Gasteiger partial charge in [-0.2, -0.15) is 4.99 Å². The summed E-state index contributed by atoms with van der Waals surface area (Å²) < 4.78 is -1.79. The van der Waals surface area contributed by atoms with Crippen LogP contribution in [0.1, 0.15) is 5.56 Å². The van der Waals surface area contributed by atoms with Gasteiger partial charge in [-0.05, 0) is 5.41 Å². The molecule has 2 heterocycles. The van der Waals surface area contributed by atoms with Crippen LogP contribution in [0.25, 0.3) is 0 Å². The van der Waals surface area contributed by atoms with Crippen LogP contribution in [0.3, 0.4) is 0 Å². The van der Waals surface area contributed by atoms with Crippen molar-refractivity contribution >= 4 is 57.8 Å². The monoisotopic (exact) mass is 347 g/mol. The molecule has 1 atom stereocenters. The maximum Gasteiger partial charge on any atom is 0.345 e. The number of aliphatic imine (C=N–C) groups is 1. The van der Waals surface area contributed by atoms with Crippen LogP contribution in [0.15, 0.2) is 46.9 Å². The van der Waals surface area contributed by atoms with Crippen molar-refractivity contribution in [1.29, 1.82) is 0 Å². The molecule has 0 spiro atoms. The number of hydrogen-bond acceptors (Lipinski definition) is 3. The van der Waals surface area contributed by atoms with Crippen molar-refractivity contribution in [3.05, 3.63) is 47.5 Å². The zero-order valence-electron chi connectivity index (χ0n) is 9.89. The second kappa shape index (κ2) is 4.84. The molecule has 2 aliphatic heterocycles. The summed E-state index contributed by atoms with van der Waals surface area (Å²) in [5, 5.41) is 4.96. The van der Waals surface area contributed by atoms with E-state index in [-0.39, 0.29) is 0 Å². The van der Waals surface area contributed by atoms with Gasteiger partial charge in [0.25, 0.3) is 0 Å². The van der Waals surface area contributed by atoms with E-state index in [9.17, 15) is 4.79 Å². The number of carbonyl (C=O) groups is 1. The molecule has 0 radical (unpaired) electrons. The standard InChI is InChI=1S/C12H8Cl3N3OS/c13-12(14,15)11(8-4-2-1-3-5-8)17-9(19)16-10-18(11)6-7-20-10/h1-7H,(H,17,19)/t11-/m0/s1. The highest BCUT2D eigenvalue weighted by molar-refractivity contribution is 8.16. The summed E-state index contributed by atoms with van der Waals surface area (Å²) in [6.07, 6.45) is 1.73. The van der Waals surface area contributed by atoms with Crippen LogP contribution in [0, 0.1) is 0 Å². The molecule has 0 aliphatic carbocycles. The van der Waals surface area contributed by atoms with Crippen molar-refractivity contribution in [2.24, 2.45) is 4.99 Å². The van der Waals surface area contributed by atoms with Crippen LogP contribution in [0.2, 0.25) is 0 Å². The van der Waals surface area contributed by atoms with E-state index in [0.29, 0.717) is 10.7 Å². The summed E-state index contributed by atoms with van der Waals surface area (Å²) in [5.41, 5.74) is -0.666. The second-order valence-corrected chi connectivity index (χ2v) is 7.33. The van der Waals surface area contributed by atoms with Crippen LogP contribution in [-0.2, 0) is 5.66 Å². The van der Waals surface area contributed by atoms with E-state index in [4.69, 9.17) is 34.8 Å². The van der Waals surface area contributed by atoms with E-state index in [0.717, 1.165) is 0 Å². The molecule has 4 nitrogen and oxygen atoms in total. The zero-order valence-corrected chi connectivity index (χ0v) is 13.0. The topological polar surface area (TPSA) is 44.7 Å². The molecule has 1 N–H and O–H groups in total. The number of thioether (sulfide) groups is 1. The number of nitrogens with one attached hydrogen (secondary N) is 1. The quantitative estimate of drug-likeness (QED) is 0.785. The van der Waals surface area contributed by atoms with Gasteiger partial charge < -0.3 is 5.32 Å². The number of rotatable bonds is 1.